The molecule has 1 amide bonds. The Bertz CT molecular complexity index is 651. The molecule has 1 aromatic carbocycles. The summed E-state index contributed by atoms with van der Waals surface area (Å²) in [7, 11) is 0. The van der Waals surface area contributed by atoms with Crippen molar-refractivity contribution in [1.82, 2.24) is 0 Å². The molecule has 2 heterocycles. The summed E-state index contributed by atoms with van der Waals surface area (Å²) in [5.41, 5.74) is 3.24. The van der Waals surface area contributed by atoms with E-state index in [4.69, 9.17) is 4.42 Å². The van der Waals surface area contributed by atoms with Crippen molar-refractivity contribution in [2.75, 3.05) is 5.32 Å². The Balaban J connectivity index is 1.92. The van der Waals surface area contributed by atoms with E-state index >= 15 is 0 Å². The zero-order valence-electron chi connectivity index (χ0n) is 10.7. The van der Waals surface area contributed by atoms with Crippen LogP contribution >= 0.6 is 31.9 Å². The fourth-order valence-corrected chi connectivity index (χ4v) is 3.23. The number of furan rings is 1. The van der Waals surface area contributed by atoms with Crippen LogP contribution in [0.3, 0.4) is 0 Å². The maximum atomic E-state index is 11.5. The molecule has 1 unspecified atom stereocenters. The second-order valence-corrected chi connectivity index (χ2v) is 6.52. The molecule has 1 aliphatic rings. The topological polar surface area (TPSA) is 42.2 Å². The number of benzene rings is 1. The lowest BCUT2D eigenvalue weighted by Gasteiger charge is -2.12. The Morgan fingerprint density at radius 3 is 2.80 bits per heavy atom. The molecule has 1 atom stereocenters. The molecule has 2 aromatic rings. The Kier molecular flexibility index (Phi) is 3.98. The number of nitrogens with one attached hydrogen (secondary N) is 1. The Morgan fingerprint density at radius 1 is 1.20 bits per heavy atom. The molecular weight excluding hydrogens is 386 g/mol. The minimum atomic E-state index is 0.0121. The van der Waals surface area contributed by atoms with Crippen molar-refractivity contribution in [3.8, 4) is 0 Å². The first-order valence-electron chi connectivity index (χ1n) is 6.45. The highest BCUT2D eigenvalue weighted by molar-refractivity contribution is 9.10. The number of fused-ring (bicyclic) bond motifs is 1. The number of halogens is 2. The van der Waals surface area contributed by atoms with Gasteiger partial charge in [0.1, 0.15) is 5.76 Å². The van der Waals surface area contributed by atoms with E-state index in [0.717, 1.165) is 34.5 Å². The molecule has 0 saturated heterocycles. The number of amides is 1. The monoisotopic (exact) mass is 397 g/mol. The first-order valence-corrected chi connectivity index (χ1v) is 8.16. The number of hydrogen-bond acceptors (Lipinski definition) is 2. The number of alkyl halides is 1. The van der Waals surface area contributed by atoms with Crippen LogP contribution in [0.2, 0.25) is 0 Å². The molecule has 0 spiro atoms. The lowest BCUT2D eigenvalue weighted by Crippen LogP contribution is -2.09. The van der Waals surface area contributed by atoms with Crippen molar-refractivity contribution in [2.45, 2.75) is 24.1 Å². The summed E-state index contributed by atoms with van der Waals surface area (Å²) in [4.78, 5) is 11.6. The summed E-state index contributed by atoms with van der Waals surface area (Å²) in [6.45, 7) is 0. The van der Waals surface area contributed by atoms with Crippen LogP contribution in [0.25, 0.3) is 0 Å². The molecule has 1 N–H and O–H groups in total. The van der Waals surface area contributed by atoms with Gasteiger partial charge in [-0.25, -0.2) is 0 Å². The van der Waals surface area contributed by atoms with Gasteiger partial charge in [-0.2, -0.15) is 0 Å². The van der Waals surface area contributed by atoms with Crippen LogP contribution in [0.15, 0.2) is 39.4 Å². The second-order valence-electron chi connectivity index (χ2n) is 4.82. The maximum Gasteiger partial charge on any atom is 0.224 e. The van der Waals surface area contributed by atoms with Crippen molar-refractivity contribution in [3.05, 3.63) is 51.9 Å². The predicted molar refractivity (Wildman–Crippen MR) is 85.2 cm³/mol. The molecule has 1 aromatic heterocycles. The zero-order chi connectivity index (χ0) is 14.1. The standard InChI is InChI=1S/C15H13Br2NO2/c16-13-7-6-12(20-13)15(17)10-4-5-11-9(8-10)2-1-3-14(19)18-11/h4-8,15H,1-3H2,(H,18,19). The average molecular weight is 399 g/mol. The van der Waals surface area contributed by atoms with E-state index in [1.165, 1.54) is 5.56 Å². The SMILES string of the molecule is O=C1CCCc2cc(C(Br)c3ccc(Br)o3)ccc2N1. The quantitative estimate of drug-likeness (QED) is 0.738. The number of anilines is 1. The highest BCUT2D eigenvalue weighted by Gasteiger charge is 2.18. The number of hydrogen-bond donors (Lipinski definition) is 1. The van der Waals surface area contributed by atoms with Crippen LogP contribution in [-0.2, 0) is 11.2 Å². The third-order valence-corrected chi connectivity index (χ3v) is 4.80. The normalized spacial score (nSPS) is 16.2. The van der Waals surface area contributed by atoms with Gasteiger partial charge in [-0.05, 0) is 58.1 Å². The number of aryl methyl sites for hydroxylation is 1. The summed E-state index contributed by atoms with van der Waals surface area (Å²) in [5.74, 6) is 0.955. The fraction of sp³-hybridized carbons (Fsp3) is 0.267. The number of carbonyl (C=O) groups is 1. The molecule has 0 bridgehead atoms. The van der Waals surface area contributed by atoms with Gasteiger partial charge in [-0.3, -0.25) is 4.79 Å². The molecule has 5 heteroatoms. The fourth-order valence-electron chi connectivity index (χ4n) is 2.38. The first kappa shape index (κ1) is 13.9. The van der Waals surface area contributed by atoms with E-state index in [1.54, 1.807) is 0 Å². The van der Waals surface area contributed by atoms with Gasteiger partial charge in [0.05, 0.1) is 4.83 Å². The lowest BCUT2D eigenvalue weighted by atomic mass is 10.0. The van der Waals surface area contributed by atoms with Gasteiger partial charge in [0, 0.05) is 12.1 Å². The highest BCUT2D eigenvalue weighted by atomic mass is 79.9. The van der Waals surface area contributed by atoms with Crippen LogP contribution in [0.5, 0.6) is 0 Å². The van der Waals surface area contributed by atoms with Crippen molar-refractivity contribution in [1.29, 1.82) is 0 Å². The van der Waals surface area contributed by atoms with Crippen molar-refractivity contribution < 1.29 is 9.21 Å². The van der Waals surface area contributed by atoms with Gasteiger partial charge in [-0.15, -0.1) is 0 Å². The molecule has 3 rings (SSSR count). The van der Waals surface area contributed by atoms with Gasteiger partial charge in [0.2, 0.25) is 5.91 Å². The maximum absolute atomic E-state index is 11.5. The summed E-state index contributed by atoms with van der Waals surface area (Å²) in [6.07, 6.45) is 2.40. The molecule has 3 nitrogen and oxygen atoms in total. The minimum Gasteiger partial charge on any atom is -0.453 e. The summed E-state index contributed by atoms with van der Waals surface area (Å²) in [6, 6.07) is 9.95. The smallest absolute Gasteiger partial charge is 0.224 e. The zero-order valence-corrected chi connectivity index (χ0v) is 13.8. The van der Waals surface area contributed by atoms with Crippen LogP contribution in [0.4, 0.5) is 5.69 Å². The van der Waals surface area contributed by atoms with E-state index in [-0.39, 0.29) is 10.7 Å². The van der Waals surface area contributed by atoms with Gasteiger partial charge >= 0.3 is 0 Å². The summed E-state index contributed by atoms with van der Waals surface area (Å²) < 4.78 is 6.31. The van der Waals surface area contributed by atoms with E-state index in [9.17, 15) is 4.79 Å². The minimum absolute atomic E-state index is 0.0121. The van der Waals surface area contributed by atoms with Gasteiger partial charge in [-0.1, -0.05) is 28.1 Å². The molecule has 1 aliphatic heterocycles. The number of carbonyl (C=O) groups excluding carboxylic acids is 1. The van der Waals surface area contributed by atoms with Gasteiger partial charge in [0.25, 0.3) is 0 Å². The van der Waals surface area contributed by atoms with E-state index in [2.05, 4.69) is 43.2 Å². The van der Waals surface area contributed by atoms with Crippen molar-refractivity contribution in [2.24, 2.45) is 0 Å². The van der Waals surface area contributed by atoms with E-state index < -0.39 is 0 Å². The van der Waals surface area contributed by atoms with Crippen molar-refractivity contribution in [3.63, 3.8) is 0 Å². The largest absolute Gasteiger partial charge is 0.453 e. The molecular formula is C15H13Br2NO2. The van der Waals surface area contributed by atoms with Crippen LogP contribution in [-0.4, -0.2) is 5.91 Å². The van der Waals surface area contributed by atoms with Crippen LogP contribution in [0.1, 0.15) is 34.6 Å². The van der Waals surface area contributed by atoms with Crippen LogP contribution in [0, 0.1) is 0 Å². The summed E-state index contributed by atoms with van der Waals surface area (Å²) >= 11 is 6.98. The predicted octanol–water partition coefficient (Wildman–Crippen LogP) is 4.80. The number of rotatable bonds is 2. The second kappa shape index (κ2) is 5.74. The van der Waals surface area contributed by atoms with Crippen molar-refractivity contribution >= 4 is 43.5 Å². The highest BCUT2D eigenvalue weighted by Crippen LogP contribution is 2.35. The molecule has 0 fully saturated rings. The summed E-state index contributed by atoms with van der Waals surface area (Å²) in [5, 5.41) is 2.95. The molecule has 20 heavy (non-hydrogen) atoms. The Hall–Kier alpha value is -1.07. The Labute approximate surface area is 134 Å². The molecule has 104 valence electrons. The van der Waals surface area contributed by atoms with Gasteiger partial charge in [0.15, 0.2) is 4.67 Å². The molecule has 0 saturated carbocycles. The lowest BCUT2D eigenvalue weighted by molar-refractivity contribution is -0.116. The van der Waals surface area contributed by atoms with Crippen LogP contribution < -0.4 is 5.32 Å². The first-order chi connectivity index (χ1) is 9.63. The van der Waals surface area contributed by atoms with E-state index in [0.29, 0.717) is 6.42 Å². The average Bonchev–Trinajstić information content (AvgIpc) is 2.77. The molecule has 0 radical (unpaired) electrons. The third-order valence-electron chi connectivity index (χ3n) is 3.39. The van der Waals surface area contributed by atoms with Gasteiger partial charge < -0.3 is 9.73 Å². The third kappa shape index (κ3) is 2.83. The Morgan fingerprint density at radius 2 is 2.05 bits per heavy atom. The van der Waals surface area contributed by atoms with E-state index in [1.807, 2.05) is 24.3 Å². The molecule has 0 aliphatic carbocycles.